The molecule has 1 atom stereocenters. The maximum atomic E-state index is 13.3. The van der Waals surface area contributed by atoms with E-state index in [1.54, 1.807) is 13.1 Å². The summed E-state index contributed by atoms with van der Waals surface area (Å²) in [6, 6.07) is 4.67. The molecule has 0 bridgehead atoms. The van der Waals surface area contributed by atoms with Gasteiger partial charge in [-0.1, -0.05) is 38.4 Å². The minimum Gasteiger partial charge on any atom is -0.356 e. The van der Waals surface area contributed by atoms with E-state index in [4.69, 9.17) is 11.6 Å². The maximum absolute atomic E-state index is 13.3. The predicted octanol–water partition coefficient (Wildman–Crippen LogP) is 3.55. The molecule has 1 saturated heterocycles. The Morgan fingerprint density at radius 1 is 1.44 bits per heavy atom. The smallest absolute Gasteiger partial charge is 0.222 e. The van der Waals surface area contributed by atoms with E-state index in [9.17, 15) is 9.18 Å². The van der Waals surface area contributed by atoms with Gasteiger partial charge in [0.1, 0.15) is 5.82 Å². The highest BCUT2D eigenvalue weighted by molar-refractivity contribution is 14.0. The molecule has 1 aromatic carbocycles. The first-order valence-electron chi connectivity index (χ1n) is 8.97. The SMILES string of the molecule is CCC(=O)N1CCC(NC(=NC)NCC(C)(C)c2ccc(F)cc2Cl)C1.I. The van der Waals surface area contributed by atoms with Crippen LogP contribution in [0.5, 0.6) is 0 Å². The molecule has 27 heavy (non-hydrogen) atoms. The molecule has 0 radical (unpaired) electrons. The number of carbonyl (C=O) groups excluding carboxylic acids is 1. The lowest BCUT2D eigenvalue weighted by Crippen LogP contribution is -2.48. The summed E-state index contributed by atoms with van der Waals surface area (Å²) in [4.78, 5) is 18.0. The normalized spacial score (nSPS) is 17.5. The number of halogens is 3. The molecule has 0 aliphatic carbocycles. The van der Waals surface area contributed by atoms with E-state index in [0.29, 0.717) is 30.5 Å². The second-order valence-electron chi connectivity index (χ2n) is 7.26. The fourth-order valence-corrected chi connectivity index (χ4v) is 3.58. The standard InChI is InChI=1S/C19H28ClFN4O.HI/c1-5-17(26)25-9-8-14(11-25)24-18(22-4)23-12-19(2,3)15-7-6-13(21)10-16(15)20;/h6-7,10,14H,5,8-9,11-12H2,1-4H3,(H2,22,23,24);1H. The Morgan fingerprint density at radius 3 is 2.74 bits per heavy atom. The van der Waals surface area contributed by atoms with Crippen LogP contribution in [0, 0.1) is 5.82 Å². The number of hydrogen-bond donors (Lipinski definition) is 2. The van der Waals surface area contributed by atoms with E-state index in [2.05, 4.69) is 15.6 Å². The van der Waals surface area contributed by atoms with Gasteiger partial charge in [0.25, 0.3) is 0 Å². The van der Waals surface area contributed by atoms with Gasteiger partial charge in [-0.3, -0.25) is 9.79 Å². The van der Waals surface area contributed by atoms with Crippen molar-refractivity contribution in [2.75, 3.05) is 26.7 Å². The number of rotatable bonds is 5. The van der Waals surface area contributed by atoms with Crippen molar-refractivity contribution in [2.24, 2.45) is 4.99 Å². The van der Waals surface area contributed by atoms with Gasteiger partial charge in [-0.15, -0.1) is 24.0 Å². The lowest BCUT2D eigenvalue weighted by atomic mass is 9.84. The Kier molecular flexibility index (Phi) is 9.27. The van der Waals surface area contributed by atoms with Crippen LogP contribution in [-0.4, -0.2) is 49.5 Å². The molecule has 1 aromatic rings. The van der Waals surface area contributed by atoms with Crippen LogP contribution < -0.4 is 10.6 Å². The van der Waals surface area contributed by atoms with E-state index in [1.165, 1.54) is 12.1 Å². The zero-order chi connectivity index (χ0) is 19.3. The zero-order valence-electron chi connectivity index (χ0n) is 16.3. The van der Waals surface area contributed by atoms with Gasteiger partial charge < -0.3 is 15.5 Å². The minimum absolute atomic E-state index is 0. The van der Waals surface area contributed by atoms with Crippen molar-refractivity contribution in [2.45, 2.75) is 45.1 Å². The highest BCUT2D eigenvalue weighted by Gasteiger charge is 2.27. The Morgan fingerprint density at radius 2 is 2.15 bits per heavy atom. The van der Waals surface area contributed by atoms with Gasteiger partial charge in [-0.2, -0.15) is 0 Å². The maximum Gasteiger partial charge on any atom is 0.222 e. The molecule has 1 aliphatic heterocycles. The third-order valence-corrected chi connectivity index (χ3v) is 5.08. The average Bonchev–Trinajstić information content (AvgIpc) is 3.06. The van der Waals surface area contributed by atoms with Gasteiger partial charge in [0.05, 0.1) is 0 Å². The Bertz CT molecular complexity index is 684. The summed E-state index contributed by atoms with van der Waals surface area (Å²) in [5.74, 6) is 0.531. The first-order chi connectivity index (χ1) is 12.3. The first kappa shape index (κ1) is 23.9. The van der Waals surface area contributed by atoms with Crippen LogP contribution in [0.4, 0.5) is 4.39 Å². The fourth-order valence-electron chi connectivity index (χ4n) is 3.15. The third kappa shape index (κ3) is 6.48. The quantitative estimate of drug-likeness (QED) is 0.362. The van der Waals surface area contributed by atoms with Crippen LogP contribution in [0.15, 0.2) is 23.2 Å². The van der Waals surface area contributed by atoms with Crippen molar-refractivity contribution in [3.63, 3.8) is 0 Å². The molecule has 152 valence electrons. The van der Waals surface area contributed by atoms with Crippen molar-refractivity contribution >= 4 is 47.4 Å². The molecule has 2 rings (SSSR count). The van der Waals surface area contributed by atoms with Crippen molar-refractivity contribution < 1.29 is 9.18 Å². The highest BCUT2D eigenvalue weighted by atomic mass is 127. The summed E-state index contributed by atoms with van der Waals surface area (Å²) in [5.41, 5.74) is 0.576. The van der Waals surface area contributed by atoms with Crippen molar-refractivity contribution in [1.29, 1.82) is 0 Å². The zero-order valence-corrected chi connectivity index (χ0v) is 19.4. The average molecular weight is 511 g/mol. The molecular weight excluding hydrogens is 482 g/mol. The van der Waals surface area contributed by atoms with E-state index in [0.717, 1.165) is 18.5 Å². The third-order valence-electron chi connectivity index (χ3n) is 4.77. The van der Waals surface area contributed by atoms with Crippen LogP contribution in [0.3, 0.4) is 0 Å². The number of carbonyl (C=O) groups is 1. The summed E-state index contributed by atoms with van der Waals surface area (Å²) in [5, 5.41) is 7.11. The number of nitrogens with zero attached hydrogens (tertiary/aromatic N) is 2. The van der Waals surface area contributed by atoms with E-state index in [1.807, 2.05) is 25.7 Å². The van der Waals surface area contributed by atoms with E-state index in [-0.39, 0.29) is 47.2 Å². The molecule has 1 fully saturated rings. The Hall–Kier alpha value is -1.09. The summed E-state index contributed by atoms with van der Waals surface area (Å²) in [6.07, 6.45) is 1.44. The van der Waals surface area contributed by atoms with Crippen LogP contribution in [0.2, 0.25) is 5.02 Å². The predicted molar refractivity (Wildman–Crippen MR) is 120 cm³/mol. The number of benzene rings is 1. The molecule has 2 N–H and O–H groups in total. The number of guanidine groups is 1. The minimum atomic E-state index is -0.340. The number of amides is 1. The van der Waals surface area contributed by atoms with Gasteiger partial charge in [0, 0.05) is 49.6 Å². The van der Waals surface area contributed by atoms with Crippen LogP contribution >= 0.6 is 35.6 Å². The largest absolute Gasteiger partial charge is 0.356 e. The molecule has 5 nitrogen and oxygen atoms in total. The van der Waals surface area contributed by atoms with Gasteiger partial charge in [0.2, 0.25) is 5.91 Å². The molecule has 1 heterocycles. The lowest BCUT2D eigenvalue weighted by Gasteiger charge is -2.28. The van der Waals surface area contributed by atoms with Gasteiger partial charge in [0.15, 0.2) is 5.96 Å². The molecule has 1 amide bonds. The summed E-state index contributed by atoms with van der Waals surface area (Å²) in [6.45, 7) is 8.03. The number of aliphatic imine (C=N–C) groups is 1. The van der Waals surface area contributed by atoms with Gasteiger partial charge in [-0.25, -0.2) is 4.39 Å². The van der Waals surface area contributed by atoms with Crippen LogP contribution in [0.25, 0.3) is 0 Å². The molecule has 0 aromatic heterocycles. The molecular formula is C19H29ClFIN4O. The van der Waals surface area contributed by atoms with Crippen molar-refractivity contribution in [1.82, 2.24) is 15.5 Å². The molecule has 1 unspecified atom stereocenters. The highest BCUT2D eigenvalue weighted by Crippen LogP contribution is 2.29. The summed E-state index contributed by atoms with van der Waals surface area (Å²) < 4.78 is 13.3. The first-order valence-corrected chi connectivity index (χ1v) is 9.35. The molecule has 8 heteroatoms. The van der Waals surface area contributed by atoms with E-state index < -0.39 is 0 Å². The monoisotopic (exact) mass is 510 g/mol. The van der Waals surface area contributed by atoms with Crippen molar-refractivity contribution in [3.05, 3.63) is 34.6 Å². The number of nitrogens with one attached hydrogen (secondary N) is 2. The summed E-state index contributed by atoms with van der Waals surface area (Å²) >= 11 is 6.21. The second-order valence-corrected chi connectivity index (χ2v) is 7.66. The molecule has 0 spiro atoms. The van der Waals surface area contributed by atoms with Crippen LogP contribution in [0.1, 0.15) is 39.2 Å². The van der Waals surface area contributed by atoms with Gasteiger partial charge in [-0.05, 0) is 24.1 Å². The second kappa shape index (κ2) is 10.5. The fraction of sp³-hybridized carbons (Fsp3) is 0.579. The number of likely N-dealkylation sites (tertiary alicyclic amines) is 1. The van der Waals surface area contributed by atoms with Gasteiger partial charge >= 0.3 is 0 Å². The Labute approximate surface area is 183 Å². The summed E-state index contributed by atoms with van der Waals surface area (Å²) in [7, 11) is 1.72. The molecule has 1 aliphatic rings. The van der Waals surface area contributed by atoms with Crippen molar-refractivity contribution in [3.8, 4) is 0 Å². The van der Waals surface area contributed by atoms with E-state index >= 15 is 0 Å². The molecule has 0 saturated carbocycles. The topological polar surface area (TPSA) is 56.7 Å². The number of hydrogen-bond acceptors (Lipinski definition) is 2. The lowest BCUT2D eigenvalue weighted by molar-refractivity contribution is -0.129. The van der Waals surface area contributed by atoms with Crippen LogP contribution in [-0.2, 0) is 10.2 Å². The Balaban J connectivity index is 0.00000364.